The first-order chi connectivity index (χ1) is 7.83. The van der Waals surface area contributed by atoms with Crippen LogP contribution in [0.3, 0.4) is 0 Å². The zero-order valence-corrected chi connectivity index (χ0v) is 10.0. The Kier molecular flexibility index (Phi) is 2.62. The Morgan fingerprint density at radius 2 is 2.38 bits per heavy atom. The largest absolute Gasteiger partial charge is 0.376 e. The predicted molar refractivity (Wildman–Crippen MR) is 61.1 cm³/mol. The summed E-state index contributed by atoms with van der Waals surface area (Å²) < 4.78 is 11.8. The summed E-state index contributed by atoms with van der Waals surface area (Å²) >= 11 is 3.37. The van der Waals surface area contributed by atoms with Gasteiger partial charge in [-0.25, -0.2) is 9.97 Å². The molecule has 16 heavy (non-hydrogen) atoms. The monoisotopic (exact) mass is 283 g/mol. The molecule has 0 amide bonds. The fraction of sp³-hybridized carbons (Fsp3) is 0.400. The number of pyridine rings is 1. The molecule has 1 N–H and O–H groups in total. The summed E-state index contributed by atoms with van der Waals surface area (Å²) in [4.78, 5) is 11.8. The summed E-state index contributed by atoms with van der Waals surface area (Å²) in [6, 6.07) is 1.95. The molecule has 0 spiro atoms. The van der Waals surface area contributed by atoms with E-state index < -0.39 is 0 Å². The molecular weight excluding hydrogens is 274 g/mol. The SMILES string of the molecule is Brc1cnc2nc(C3COCCO3)[nH]c2c1. The molecule has 0 radical (unpaired) electrons. The van der Waals surface area contributed by atoms with Crippen molar-refractivity contribution >= 4 is 27.1 Å². The maximum atomic E-state index is 5.57. The number of nitrogens with zero attached hydrogens (tertiary/aromatic N) is 2. The van der Waals surface area contributed by atoms with Gasteiger partial charge in [-0.2, -0.15) is 0 Å². The van der Waals surface area contributed by atoms with Gasteiger partial charge in [0.2, 0.25) is 0 Å². The third-order valence-corrected chi connectivity index (χ3v) is 2.88. The number of hydrogen-bond donors (Lipinski definition) is 1. The predicted octanol–water partition coefficient (Wildman–Crippen LogP) is 1.81. The molecule has 0 aliphatic carbocycles. The van der Waals surface area contributed by atoms with Crippen LogP contribution in [0, 0.1) is 0 Å². The average molecular weight is 284 g/mol. The number of H-pyrrole nitrogens is 1. The van der Waals surface area contributed by atoms with Crippen molar-refractivity contribution in [2.75, 3.05) is 19.8 Å². The van der Waals surface area contributed by atoms with Gasteiger partial charge in [-0.1, -0.05) is 0 Å². The van der Waals surface area contributed by atoms with E-state index in [0.29, 0.717) is 25.5 Å². The van der Waals surface area contributed by atoms with Gasteiger partial charge in [0.25, 0.3) is 0 Å². The lowest BCUT2D eigenvalue weighted by atomic mass is 10.3. The van der Waals surface area contributed by atoms with E-state index in [4.69, 9.17) is 9.47 Å². The second kappa shape index (κ2) is 4.12. The Balaban J connectivity index is 1.97. The molecule has 1 aliphatic rings. The number of rotatable bonds is 1. The highest BCUT2D eigenvalue weighted by molar-refractivity contribution is 9.10. The second-order valence-electron chi connectivity index (χ2n) is 3.58. The minimum absolute atomic E-state index is 0.110. The van der Waals surface area contributed by atoms with E-state index in [1.807, 2.05) is 6.07 Å². The highest BCUT2D eigenvalue weighted by Crippen LogP contribution is 2.21. The van der Waals surface area contributed by atoms with E-state index in [2.05, 4.69) is 30.9 Å². The van der Waals surface area contributed by atoms with Gasteiger partial charge < -0.3 is 14.5 Å². The Labute approximate surface area is 100 Å². The molecule has 5 nitrogen and oxygen atoms in total. The Bertz CT molecular complexity index is 508. The van der Waals surface area contributed by atoms with Crippen molar-refractivity contribution < 1.29 is 9.47 Å². The Morgan fingerprint density at radius 3 is 3.19 bits per heavy atom. The first-order valence-electron chi connectivity index (χ1n) is 5.03. The van der Waals surface area contributed by atoms with Crippen molar-refractivity contribution in [1.82, 2.24) is 15.0 Å². The molecule has 3 rings (SSSR count). The van der Waals surface area contributed by atoms with E-state index in [0.717, 1.165) is 15.8 Å². The van der Waals surface area contributed by atoms with Crippen LogP contribution in [0.5, 0.6) is 0 Å². The van der Waals surface area contributed by atoms with E-state index in [1.165, 1.54) is 0 Å². The standard InChI is InChI=1S/C10H10BrN3O2/c11-6-3-7-9(12-4-6)14-10(13-7)8-5-15-1-2-16-8/h3-4,8H,1-2,5H2,(H,12,13,14). The molecule has 6 heteroatoms. The topological polar surface area (TPSA) is 60.0 Å². The Morgan fingerprint density at radius 1 is 1.44 bits per heavy atom. The highest BCUT2D eigenvalue weighted by Gasteiger charge is 2.20. The molecule has 1 atom stereocenters. The van der Waals surface area contributed by atoms with Gasteiger partial charge in [-0.3, -0.25) is 0 Å². The van der Waals surface area contributed by atoms with Crippen LogP contribution in [0.1, 0.15) is 11.9 Å². The van der Waals surface area contributed by atoms with Crippen LogP contribution in [0.4, 0.5) is 0 Å². The number of aromatic nitrogens is 3. The van der Waals surface area contributed by atoms with Gasteiger partial charge in [0.15, 0.2) is 5.65 Å². The van der Waals surface area contributed by atoms with Crippen LogP contribution < -0.4 is 0 Å². The Hall–Kier alpha value is -0.980. The maximum Gasteiger partial charge on any atom is 0.177 e. The van der Waals surface area contributed by atoms with Gasteiger partial charge >= 0.3 is 0 Å². The molecule has 1 saturated heterocycles. The number of halogens is 1. The summed E-state index contributed by atoms with van der Waals surface area (Å²) in [6.07, 6.45) is 1.62. The molecule has 84 valence electrons. The van der Waals surface area contributed by atoms with Crippen molar-refractivity contribution in [2.24, 2.45) is 0 Å². The number of hydrogen-bond acceptors (Lipinski definition) is 4. The van der Waals surface area contributed by atoms with Gasteiger partial charge in [0.1, 0.15) is 11.9 Å². The van der Waals surface area contributed by atoms with E-state index in [1.54, 1.807) is 6.20 Å². The molecular formula is C10H10BrN3O2. The maximum absolute atomic E-state index is 5.57. The van der Waals surface area contributed by atoms with Gasteiger partial charge in [0, 0.05) is 10.7 Å². The van der Waals surface area contributed by atoms with Crippen molar-refractivity contribution in [1.29, 1.82) is 0 Å². The third kappa shape index (κ3) is 1.83. The second-order valence-corrected chi connectivity index (χ2v) is 4.50. The lowest BCUT2D eigenvalue weighted by molar-refractivity contribution is -0.0931. The van der Waals surface area contributed by atoms with Crippen molar-refractivity contribution in [3.05, 3.63) is 22.6 Å². The zero-order valence-electron chi connectivity index (χ0n) is 8.44. The number of ether oxygens (including phenoxy) is 2. The summed E-state index contributed by atoms with van der Waals surface area (Å²) in [5, 5.41) is 0. The molecule has 1 unspecified atom stereocenters. The van der Waals surface area contributed by atoms with Crippen LogP contribution in [-0.2, 0) is 9.47 Å². The quantitative estimate of drug-likeness (QED) is 0.867. The minimum atomic E-state index is -0.110. The third-order valence-electron chi connectivity index (χ3n) is 2.44. The first-order valence-corrected chi connectivity index (χ1v) is 5.83. The van der Waals surface area contributed by atoms with Crippen molar-refractivity contribution in [3.8, 4) is 0 Å². The fourth-order valence-electron chi connectivity index (χ4n) is 1.69. The summed E-state index contributed by atoms with van der Waals surface area (Å²) in [7, 11) is 0. The molecule has 1 aliphatic heterocycles. The van der Waals surface area contributed by atoms with E-state index >= 15 is 0 Å². The molecule has 3 heterocycles. The lowest BCUT2D eigenvalue weighted by Crippen LogP contribution is -2.22. The summed E-state index contributed by atoms with van der Waals surface area (Å²) in [5.74, 6) is 0.778. The van der Waals surface area contributed by atoms with Gasteiger partial charge in [0.05, 0.1) is 25.3 Å². The van der Waals surface area contributed by atoms with E-state index in [-0.39, 0.29) is 6.10 Å². The van der Waals surface area contributed by atoms with Crippen LogP contribution in [-0.4, -0.2) is 34.8 Å². The van der Waals surface area contributed by atoms with E-state index in [9.17, 15) is 0 Å². The van der Waals surface area contributed by atoms with Crippen LogP contribution in [0.25, 0.3) is 11.2 Å². The average Bonchev–Trinajstić information content (AvgIpc) is 2.73. The number of nitrogens with one attached hydrogen (secondary N) is 1. The van der Waals surface area contributed by atoms with Crippen LogP contribution >= 0.6 is 15.9 Å². The number of imidazole rings is 1. The molecule has 0 bridgehead atoms. The summed E-state index contributed by atoms with van der Waals surface area (Å²) in [5.41, 5.74) is 1.60. The first kappa shape index (κ1) is 10.2. The minimum Gasteiger partial charge on any atom is -0.376 e. The molecule has 1 fully saturated rings. The zero-order chi connectivity index (χ0) is 11.0. The highest BCUT2D eigenvalue weighted by atomic mass is 79.9. The molecule has 2 aromatic rings. The van der Waals surface area contributed by atoms with Gasteiger partial charge in [-0.05, 0) is 22.0 Å². The van der Waals surface area contributed by atoms with Crippen molar-refractivity contribution in [3.63, 3.8) is 0 Å². The van der Waals surface area contributed by atoms with Crippen LogP contribution in [0.15, 0.2) is 16.7 Å². The van der Waals surface area contributed by atoms with Crippen LogP contribution in [0.2, 0.25) is 0 Å². The molecule has 2 aromatic heterocycles. The van der Waals surface area contributed by atoms with Crippen molar-refractivity contribution in [2.45, 2.75) is 6.10 Å². The summed E-state index contributed by atoms with van der Waals surface area (Å²) in [6.45, 7) is 1.81. The number of aromatic amines is 1. The molecule has 0 aromatic carbocycles. The molecule has 0 saturated carbocycles. The van der Waals surface area contributed by atoms with Gasteiger partial charge in [-0.15, -0.1) is 0 Å². The number of fused-ring (bicyclic) bond motifs is 1. The lowest BCUT2D eigenvalue weighted by Gasteiger charge is -2.20. The normalized spacial score (nSPS) is 21.4. The smallest absolute Gasteiger partial charge is 0.177 e. The fourth-order valence-corrected chi connectivity index (χ4v) is 2.02.